The first-order valence-corrected chi connectivity index (χ1v) is 16.5. The lowest BCUT2D eigenvalue weighted by Gasteiger charge is -2.43. The average molecular weight is 770 g/mol. The summed E-state index contributed by atoms with van der Waals surface area (Å²) in [5, 5.41) is 0. The molecular weight excluding hydrogens is 734 g/mol. The van der Waals surface area contributed by atoms with Crippen LogP contribution in [0.5, 0.6) is 0 Å². The molecular formula is C41H35F12N. The van der Waals surface area contributed by atoms with Crippen LogP contribution in [0.15, 0.2) is 134 Å². The number of hydrogen-bond donors (Lipinski definition) is 0. The summed E-state index contributed by atoms with van der Waals surface area (Å²) in [5.41, 5.74) is -7.97. The molecule has 0 heterocycles. The van der Waals surface area contributed by atoms with Crippen molar-refractivity contribution < 1.29 is 52.7 Å². The van der Waals surface area contributed by atoms with E-state index in [2.05, 4.69) is 13.2 Å². The third-order valence-electron chi connectivity index (χ3n) is 8.92. The molecule has 0 amide bonds. The molecule has 0 aromatic heterocycles. The molecule has 0 saturated carbocycles. The molecule has 0 spiro atoms. The Kier molecular flexibility index (Phi) is 13.0. The van der Waals surface area contributed by atoms with Crippen molar-refractivity contribution >= 4 is 0 Å². The summed E-state index contributed by atoms with van der Waals surface area (Å²) in [6, 6.07) is 17.3. The van der Waals surface area contributed by atoms with Gasteiger partial charge in [0, 0.05) is 18.6 Å². The van der Waals surface area contributed by atoms with Crippen LogP contribution < -0.4 is 0 Å². The summed E-state index contributed by atoms with van der Waals surface area (Å²) in [6.07, 6.45) is -18.4. The van der Waals surface area contributed by atoms with Gasteiger partial charge in [-0.2, -0.15) is 52.7 Å². The molecule has 0 aliphatic carbocycles. The zero-order valence-corrected chi connectivity index (χ0v) is 28.6. The average Bonchev–Trinajstić information content (AvgIpc) is 3.07. The van der Waals surface area contributed by atoms with Gasteiger partial charge < -0.3 is 0 Å². The number of hydrogen-bond acceptors (Lipinski definition) is 1. The minimum Gasteiger partial charge on any atom is -0.286 e. The van der Waals surface area contributed by atoms with Crippen molar-refractivity contribution in [2.45, 2.75) is 55.9 Å². The maximum atomic E-state index is 14.5. The van der Waals surface area contributed by atoms with Crippen molar-refractivity contribution in [2.75, 3.05) is 13.1 Å². The molecule has 4 rings (SSSR count). The van der Waals surface area contributed by atoms with E-state index in [9.17, 15) is 52.7 Å². The van der Waals surface area contributed by atoms with E-state index in [0.29, 0.717) is 0 Å². The van der Waals surface area contributed by atoms with Crippen molar-refractivity contribution in [2.24, 2.45) is 0 Å². The van der Waals surface area contributed by atoms with Crippen LogP contribution in [0.1, 0.15) is 44.5 Å². The highest BCUT2D eigenvalue weighted by Crippen LogP contribution is 2.41. The highest BCUT2D eigenvalue weighted by atomic mass is 19.4. The van der Waals surface area contributed by atoms with E-state index in [4.69, 9.17) is 0 Å². The predicted molar refractivity (Wildman–Crippen MR) is 183 cm³/mol. The lowest BCUT2D eigenvalue weighted by molar-refractivity contribution is -0.139. The van der Waals surface area contributed by atoms with Gasteiger partial charge in [0.05, 0.1) is 22.3 Å². The van der Waals surface area contributed by atoms with Crippen molar-refractivity contribution in [3.05, 3.63) is 179 Å². The van der Waals surface area contributed by atoms with Gasteiger partial charge in [-0.3, -0.25) is 4.90 Å². The number of alkyl halides is 12. The SMILES string of the molecule is C=CCN(CC=C)C(C=C(Cc1ccccc1C(F)(F)F)Cc1ccccc1C(F)(F)F)(Cc1ccccc1C(F)(F)F)Cc1ccccc1C(F)(F)F. The van der Waals surface area contributed by atoms with Crippen LogP contribution in [0.4, 0.5) is 52.7 Å². The smallest absolute Gasteiger partial charge is 0.286 e. The van der Waals surface area contributed by atoms with E-state index < -0.39 is 78.2 Å². The van der Waals surface area contributed by atoms with Gasteiger partial charge in [-0.25, -0.2) is 0 Å². The molecule has 4 aromatic carbocycles. The van der Waals surface area contributed by atoms with Gasteiger partial charge in [-0.05, 0) is 72.2 Å². The van der Waals surface area contributed by atoms with Crippen LogP contribution in [-0.4, -0.2) is 23.5 Å². The Morgan fingerprint density at radius 1 is 0.444 bits per heavy atom. The first-order valence-electron chi connectivity index (χ1n) is 16.5. The monoisotopic (exact) mass is 769 g/mol. The maximum absolute atomic E-state index is 14.5. The second-order valence-electron chi connectivity index (χ2n) is 12.7. The van der Waals surface area contributed by atoms with Crippen molar-refractivity contribution in [3.63, 3.8) is 0 Å². The lowest BCUT2D eigenvalue weighted by Crippen LogP contribution is -2.52. The third kappa shape index (κ3) is 10.5. The van der Waals surface area contributed by atoms with E-state index >= 15 is 0 Å². The molecule has 0 fully saturated rings. The Bertz CT molecular complexity index is 1800. The zero-order chi connectivity index (χ0) is 40.0. The fraction of sp³-hybridized carbons (Fsp3) is 0.268. The molecule has 288 valence electrons. The Morgan fingerprint density at radius 2 is 0.722 bits per heavy atom. The highest BCUT2D eigenvalue weighted by molar-refractivity contribution is 5.42. The molecule has 0 radical (unpaired) electrons. The fourth-order valence-corrected chi connectivity index (χ4v) is 6.73. The Hall–Kier alpha value is -4.78. The van der Waals surface area contributed by atoms with E-state index in [1.165, 1.54) is 47.4 Å². The summed E-state index contributed by atoms with van der Waals surface area (Å²) >= 11 is 0. The van der Waals surface area contributed by atoms with E-state index in [1.54, 1.807) is 0 Å². The summed E-state index contributed by atoms with van der Waals surface area (Å²) < 4.78 is 173. The first-order chi connectivity index (χ1) is 25.2. The molecule has 1 nitrogen and oxygen atoms in total. The van der Waals surface area contributed by atoms with Gasteiger partial charge in [0.15, 0.2) is 0 Å². The highest BCUT2D eigenvalue weighted by Gasteiger charge is 2.43. The maximum Gasteiger partial charge on any atom is 0.416 e. The van der Waals surface area contributed by atoms with Crippen LogP contribution in [0.25, 0.3) is 0 Å². The molecule has 0 unspecified atom stereocenters. The lowest BCUT2D eigenvalue weighted by atomic mass is 9.77. The van der Waals surface area contributed by atoms with Gasteiger partial charge in [0.2, 0.25) is 0 Å². The third-order valence-corrected chi connectivity index (χ3v) is 8.92. The molecule has 0 N–H and O–H groups in total. The number of nitrogens with zero attached hydrogens (tertiary/aromatic N) is 1. The van der Waals surface area contributed by atoms with E-state index in [-0.39, 0.29) is 40.9 Å². The summed E-state index contributed by atoms with van der Waals surface area (Å²) in [4.78, 5) is 1.47. The summed E-state index contributed by atoms with van der Waals surface area (Å²) in [7, 11) is 0. The topological polar surface area (TPSA) is 3.24 Å². The minimum atomic E-state index is -4.93. The van der Waals surface area contributed by atoms with Crippen molar-refractivity contribution in [1.82, 2.24) is 4.90 Å². The summed E-state index contributed by atoms with van der Waals surface area (Å²) in [6.45, 7) is 7.08. The quantitative estimate of drug-likeness (QED) is 0.0912. The molecule has 0 saturated heterocycles. The molecule has 0 atom stereocenters. The molecule has 13 heteroatoms. The van der Waals surface area contributed by atoms with Gasteiger partial charge in [0.1, 0.15) is 0 Å². The first kappa shape index (κ1) is 42.0. The van der Waals surface area contributed by atoms with E-state index in [0.717, 1.165) is 72.8 Å². The van der Waals surface area contributed by atoms with Crippen LogP contribution >= 0.6 is 0 Å². The number of rotatable bonds is 14. The predicted octanol–water partition coefficient (Wildman–Crippen LogP) is 12.4. The number of halogens is 12. The number of benzene rings is 4. The molecule has 0 bridgehead atoms. The molecule has 54 heavy (non-hydrogen) atoms. The molecule has 0 aliphatic heterocycles. The fourth-order valence-electron chi connectivity index (χ4n) is 6.73. The number of allylic oxidation sites excluding steroid dienone is 1. The summed E-state index contributed by atoms with van der Waals surface area (Å²) in [5.74, 6) is 0. The van der Waals surface area contributed by atoms with Gasteiger partial charge in [0.25, 0.3) is 0 Å². The largest absolute Gasteiger partial charge is 0.416 e. The standard InChI is InChI=1S/C41H35F12N/c1-3-21-54(22-4-2)37(26-31-15-7-11-19-35(31)40(48,49)50,27-32-16-8-12-20-36(32)41(51,52)53)25-28(23-29-13-5-9-17-33(29)38(42,43)44)24-30-14-6-10-18-34(30)39(45,46)47/h3-20,25H,1-2,21-24,26-27H2. The Morgan fingerprint density at radius 3 is 1.02 bits per heavy atom. The van der Waals surface area contributed by atoms with Crippen molar-refractivity contribution in [1.29, 1.82) is 0 Å². The molecule has 4 aromatic rings. The second kappa shape index (κ2) is 16.7. The van der Waals surface area contributed by atoms with Crippen LogP contribution in [0, 0.1) is 0 Å². The Balaban J connectivity index is 2.16. The van der Waals surface area contributed by atoms with E-state index in [1.807, 2.05) is 0 Å². The van der Waals surface area contributed by atoms with Gasteiger partial charge in [-0.1, -0.05) is 96.6 Å². The second-order valence-corrected chi connectivity index (χ2v) is 12.7. The van der Waals surface area contributed by atoms with Crippen LogP contribution in [-0.2, 0) is 50.4 Å². The zero-order valence-electron chi connectivity index (χ0n) is 28.6. The Labute approximate surface area is 304 Å². The van der Waals surface area contributed by atoms with Crippen molar-refractivity contribution in [3.8, 4) is 0 Å². The van der Waals surface area contributed by atoms with Gasteiger partial charge >= 0.3 is 24.7 Å². The normalized spacial score (nSPS) is 12.8. The molecule has 0 aliphatic rings. The van der Waals surface area contributed by atoms with Gasteiger partial charge in [-0.15, -0.1) is 13.2 Å². The van der Waals surface area contributed by atoms with Crippen LogP contribution in [0.3, 0.4) is 0 Å². The van der Waals surface area contributed by atoms with Crippen LogP contribution in [0.2, 0.25) is 0 Å². The minimum absolute atomic E-state index is 0.115.